The summed E-state index contributed by atoms with van der Waals surface area (Å²) in [5.74, 6) is 0.159. The van der Waals surface area contributed by atoms with Gasteiger partial charge in [-0.25, -0.2) is 0 Å². The molecule has 2 aromatic rings. The van der Waals surface area contributed by atoms with E-state index in [1.807, 2.05) is 17.0 Å². The highest BCUT2D eigenvalue weighted by molar-refractivity contribution is 5.94. The number of piperidine rings is 1. The highest BCUT2D eigenvalue weighted by Crippen LogP contribution is 2.24. The van der Waals surface area contributed by atoms with Gasteiger partial charge in [0.2, 0.25) is 0 Å². The van der Waals surface area contributed by atoms with Crippen LogP contribution < -0.4 is 0 Å². The van der Waals surface area contributed by atoms with E-state index in [4.69, 9.17) is 4.74 Å². The van der Waals surface area contributed by atoms with Gasteiger partial charge in [-0.15, -0.1) is 0 Å². The highest BCUT2D eigenvalue weighted by Gasteiger charge is 2.28. The lowest BCUT2D eigenvalue weighted by Crippen LogP contribution is -2.50. The maximum atomic E-state index is 12.9. The summed E-state index contributed by atoms with van der Waals surface area (Å²) >= 11 is 0. The van der Waals surface area contributed by atoms with Crippen molar-refractivity contribution >= 4 is 5.91 Å². The first-order chi connectivity index (χ1) is 13.6. The van der Waals surface area contributed by atoms with Crippen LogP contribution in [0.5, 0.6) is 0 Å². The minimum atomic E-state index is 0.159. The van der Waals surface area contributed by atoms with Crippen LogP contribution in [0.3, 0.4) is 0 Å². The molecule has 0 spiro atoms. The molecule has 0 aromatic heterocycles. The van der Waals surface area contributed by atoms with Gasteiger partial charge < -0.3 is 9.64 Å². The highest BCUT2D eigenvalue weighted by atomic mass is 16.5. The first kappa shape index (κ1) is 19.2. The molecule has 0 N–H and O–H groups in total. The molecule has 4 nitrogen and oxygen atoms in total. The summed E-state index contributed by atoms with van der Waals surface area (Å²) in [7, 11) is 0. The number of rotatable bonds is 3. The summed E-state index contributed by atoms with van der Waals surface area (Å²) in [5, 5.41) is 0. The molecule has 28 heavy (non-hydrogen) atoms. The van der Waals surface area contributed by atoms with Gasteiger partial charge in [-0.05, 0) is 61.1 Å². The Bertz CT molecular complexity index is 817. The maximum absolute atomic E-state index is 12.9. The number of nitrogens with zero attached hydrogens (tertiary/aromatic N) is 2. The van der Waals surface area contributed by atoms with E-state index in [2.05, 4.69) is 49.1 Å². The maximum Gasteiger partial charge on any atom is 0.253 e. The summed E-state index contributed by atoms with van der Waals surface area (Å²) in [5.41, 5.74) is 5.74. The van der Waals surface area contributed by atoms with Crippen LogP contribution >= 0.6 is 0 Å². The summed E-state index contributed by atoms with van der Waals surface area (Å²) in [6.07, 6.45) is 2.12. The lowest BCUT2D eigenvalue weighted by Gasteiger charge is -2.40. The summed E-state index contributed by atoms with van der Waals surface area (Å²) in [4.78, 5) is 17.5. The number of likely N-dealkylation sites (tertiary alicyclic amines) is 1. The van der Waals surface area contributed by atoms with E-state index in [0.29, 0.717) is 6.04 Å². The van der Waals surface area contributed by atoms with Gasteiger partial charge in [-0.1, -0.05) is 30.3 Å². The molecule has 148 valence electrons. The SMILES string of the molecule is Cc1ccc(-c2ccc(C(=O)N3CCC(N4CCOCC4)CC3)cc2)cc1C. The van der Waals surface area contributed by atoms with E-state index < -0.39 is 0 Å². The lowest BCUT2D eigenvalue weighted by molar-refractivity contribution is 0.00159. The number of benzene rings is 2. The Morgan fingerprint density at radius 3 is 2.14 bits per heavy atom. The third-order valence-electron chi connectivity index (χ3n) is 6.29. The van der Waals surface area contributed by atoms with Crippen LogP contribution in [0.4, 0.5) is 0 Å². The second-order valence-corrected chi connectivity index (χ2v) is 8.05. The molecule has 0 aliphatic carbocycles. The van der Waals surface area contributed by atoms with Crippen molar-refractivity contribution < 1.29 is 9.53 Å². The lowest BCUT2D eigenvalue weighted by atomic mass is 9.98. The number of carbonyl (C=O) groups excluding carboxylic acids is 1. The van der Waals surface area contributed by atoms with Crippen LogP contribution in [0.1, 0.15) is 34.3 Å². The smallest absolute Gasteiger partial charge is 0.253 e. The van der Waals surface area contributed by atoms with Crippen LogP contribution in [0.15, 0.2) is 42.5 Å². The molecule has 0 saturated carbocycles. The molecule has 2 fully saturated rings. The van der Waals surface area contributed by atoms with Crippen molar-refractivity contribution in [1.82, 2.24) is 9.80 Å². The largest absolute Gasteiger partial charge is 0.379 e. The van der Waals surface area contributed by atoms with Crippen molar-refractivity contribution in [3.63, 3.8) is 0 Å². The quantitative estimate of drug-likeness (QED) is 0.812. The molecule has 2 aliphatic heterocycles. The zero-order valence-corrected chi connectivity index (χ0v) is 17.0. The normalized spacial score (nSPS) is 19.0. The molecule has 0 bridgehead atoms. The number of ether oxygens (including phenoxy) is 1. The predicted octanol–water partition coefficient (Wildman–Crippen LogP) is 3.91. The molecule has 2 aliphatic rings. The van der Waals surface area contributed by atoms with Crippen molar-refractivity contribution in [3.8, 4) is 11.1 Å². The van der Waals surface area contributed by atoms with Gasteiger partial charge in [0.15, 0.2) is 0 Å². The minimum Gasteiger partial charge on any atom is -0.379 e. The zero-order valence-electron chi connectivity index (χ0n) is 17.0. The minimum absolute atomic E-state index is 0.159. The fraction of sp³-hybridized carbons (Fsp3) is 0.458. The van der Waals surface area contributed by atoms with Crippen molar-refractivity contribution in [1.29, 1.82) is 0 Å². The number of hydrogen-bond donors (Lipinski definition) is 0. The van der Waals surface area contributed by atoms with E-state index in [-0.39, 0.29) is 5.91 Å². The molecular weight excluding hydrogens is 348 g/mol. The fourth-order valence-corrected chi connectivity index (χ4v) is 4.29. The Labute approximate surface area is 168 Å². The van der Waals surface area contributed by atoms with Gasteiger partial charge >= 0.3 is 0 Å². The molecule has 2 saturated heterocycles. The van der Waals surface area contributed by atoms with Crippen molar-refractivity contribution in [2.75, 3.05) is 39.4 Å². The fourth-order valence-electron chi connectivity index (χ4n) is 4.29. The first-order valence-corrected chi connectivity index (χ1v) is 10.4. The second kappa shape index (κ2) is 8.46. The average molecular weight is 379 g/mol. The van der Waals surface area contributed by atoms with Crippen LogP contribution in [0.2, 0.25) is 0 Å². The molecule has 2 heterocycles. The topological polar surface area (TPSA) is 32.8 Å². The number of morpholine rings is 1. The number of carbonyl (C=O) groups is 1. The summed E-state index contributed by atoms with van der Waals surface area (Å²) in [6.45, 7) is 9.69. The number of hydrogen-bond acceptors (Lipinski definition) is 3. The molecule has 2 aromatic carbocycles. The third-order valence-corrected chi connectivity index (χ3v) is 6.29. The van der Waals surface area contributed by atoms with Gasteiger partial charge in [-0.3, -0.25) is 9.69 Å². The predicted molar refractivity (Wildman–Crippen MR) is 113 cm³/mol. The molecule has 0 atom stereocenters. The summed E-state index contributed by atoms with van der Waals surface area (Å²) in [6, 6.07) is 15.2. The Balaban J connectivity index is 1.38. The summed E-state index contributed by atoms with van der Waals surface area (Å²) < 4.78 is 5.46. The van der Waals surface area contributed by atoms with Gasteiger partial charge in [0.1, 0.15) is 0 Å². The van der Waals surface area contributed by atoms with Crippen LogP contribution in [-0.2, 0) is 4.74 Å². The zero-order chi connectivity index (χ0) is 19.5. The monoisotopic (exact) mass is 378 g/mol. The molecule has 0 radical (unpaired) electrons. The van der Waals surface area contributed by atoms with E-state index in [1.165, 1.54) is 16.7 Å². The molecule has 0 unspecified atom stereocenters. The van der Waals surface area contributed by atoms with Crippen molar-refractivity contribution in [2.45, 2.75) is 32.7 Å². The standard InChI is InChI=1S/C24H30N2O2/c1-18-3-4-22(17-19(18)2)20-5-7-21(8-6-20)24(27)26-11-9-23(10-12-26)25-13-15-28-16-14-25/h3-8,17,23H,9-16H2,1-2H3. The van der Waals surface area contributed by atoms with Crippen LogP contribution in [0, 0.1) is 13.8 Å². The van der Waals surface area contributed by atoms with Crippen molar-refractivity contribution in [2.24, 2.45) is 0 Å². The Kier molecular flexibility index (Phi) is 5.79. The molecule has 1 amide bonds. The van der Waals surface area contributed by atoms with E-state index in [1.54, 1.807) is 0 Å². The Hall–Kier alpha value is -2.17. The van der Waals surface area contributed by atoms with Gasteiger partial charge in [0.25, 0.3) is 5.91 Å². The number of aryl methyl sites for hydroxylation is 2. The average Bonchev–Trinajstić information content (AvgIpc) is 2.76. The van der Waals surface area contributed by atoms with Crippen molar-refractivity contribution in [3.05, 3.63) is 59.2 Å². The molecule has 4 rings (SSSR count). The third kappa shape index (κ3) is 4.13. The Morgan fingerprint density at radius 2 is 1.50 bits per heavy atom. The first-order valence-electron chi connectivity index (χ1n) is 10.4. The van der Waals surface area contributed by atoms with E-state index >= 15 is 0 Å². The second-order valence-electron chi connectivity index (χ2n) is 8.05. The molecular formula is C24H30N2O2. The van der Waals surface area contributed by atoms with E-state index in [9.17, 15) is 4.79 Å². The van der Waals surface area contributed by atoms with Gasteiger partial charge in [0.05, 0.1) is 13.2 Å². The van der Waals surface area contributed by atoms with Crippen LogP contribution in [-0.4, -0.2) is 61.1 Å². The van der Waals surface area contributed by atoms with E-state index in [0.717, 1.165) is 63.4 Å². The Morgan fingerprint density at radius 1 is 0.857 bits per heavy atom. The van der Waals surface area contributed by atoms with Gasteiger partial charge in [-0.2, -0.15) is 0 Å². The number of amides is 1. The van der Waals surface area contributed by atoms with Crippen LogP contribution in [0.25, 0.3) is 11.1 Å². The molecule has 4 heteroatoms. The van der Waals surface area contributed by atoms with Gasteiger partial charge in [0, 0.05) is 37.8 Å².